The van der Waals surface area contributed by atoms with Crippen LogP contribution in [0.4, 0.5) is 0 Å². The SMILES string of the molecule is COc1cc([C@H]2OC[C@H]3[C@@H]2CO[C@H]3c2ccc(O[C@@H]3O[C@H](CO)[C@@H](O)[C@H](O)[C@H]3O)c(OC)c2)ccc1O. The molecule has 0 aromatic heterocycles. The molecule has 5 N–H and O–H groups in total. The monoisotopic (exact) mass is 520 g/mol. The van der Waals surface area contributed by atoms with E-state index < -0.39 is 37.3 Å². The van der Waals surface area contributed by atoms with Gasteiger partial charge in [0.05, 0.1) is 46.2 Å². The molecule has 3 aliphatic rings. The Morgan fingerprint density at radius 3 is 1.97 bits per heavy atom. The van der Waals surface area contributed by atoms with E-state index in [0.29, 0.717) is 24.7 Å². The van der Waals surface area contributed by atoms with Gasteiger partial charge in [0.1, 0.15) is 24.4 Å². The summed E-state index contributed by atoms with van der Waals surface area (Å²) in [6.07, 6.45) is -7.41. The van der Waals surface area contributed by atoms with E-state index in [1.165, 1.54) is 14.2 Å². The fourth-order valence-electron chi connectivity index (χ4n) is 5.35. The van der Waals surface area contributed by atoms with Crippen LogP contribution in [0.5, 0.6) is 23.0 Å². The summed E-state index contributed by atoms with van der Waals surface area (Å²) in [5, 5.41) is 49.7. The molecule has 0 spiro atoms. The highest BCUT2D eigenvalue weighted by atomic mass is 16.7. The lowest BCUT2D eigenvalue weighted by atomic mass is 9.85. The van der Waals surface area contributed by atoms with Gasteiger partial charge >= 0.3 is 0 Å². The number of aliphatic hydroxyl groups excluding tert-OH is 4. The maximum absolute atomic E-state index is 10.3. The zero-order valence-electron chi connectivity index (χ0n) is 20.5. The Morgan fingerprint density at radius 2 is 1.38 bits per heavy atom. The molecular weight excluding hydrogens is 488 g/mol. The second-order valence-electron chi connectivity index (χ2n) is 9.49. The van der Waals surface area contributed by atoms with Crippen LogP contribution >= 0.6 is 0 Å². The van der Waals surface area contributed by atoms with Crippen molar-refractivity contribution < 1.29 is 54.0 Å². The maximum atomic E-state index is 10.3. The highest BCUT2D eigenvalue weighted by Crippen LogP contribution is 2.51. The van der Waals surface area contributed by atoms with Gasteiger partial charge in [-0.15, -0.1) is 0 Å². The first-order valence-corrected chi connectivity index (χ1v) is 12.1. The maximum Gasteiger partial charge on any atom is 0.229 e. The fourth-order valence-corrected chi connectivity index (χ4v) is 5.35. The fraction of sp³-hybridized carbons (Fsp3) is 0.538. The van der Waals surface area contributed by atoms with E-state index in [4.69, 9.17) is 28.4 Å². The Hall–Kier alpha value is -2.64. The number of fused-ring (bicyclic) bond motifs is 1. The molecule has 0 aliphatic carbocycles. The smallest absolute Gasteiger partial charge is 0.229 e. The zero-order valence-corrected chi connectivity index (χ0v) is 20.5. The number of aromatic hydroxyl groups is 1. The molecule has 3 fully saturated rings. The Bertz CT molecular complexity index is 1090. The predicted octanol–water partition coefficient (Wildman–Crippen LogP) is 0.663. The number of methoxy groups -OCH3 is 2. The molecule has 0 radical (unpaired) electrons. The quantitative estimate of drug-likeness (QED) is 0.349. The second-order valence-corrected chi connectivity index (χ2v) is 9.49. The minimum absolute atomic E-state index is 0.0689. The minimum atomic E-state index is -1.55. The number of aliphatic hydroxyl groups is 4. The van der Waals surface area contributed by atoms with Gasteiger partial charge in [-0.25, -0.2) is 0 Å². The molecule has 3 aliphatic heterocycles. The van der Waals surface area contributed by atoms with Crippen molar-refractivity contribution in [3.63, 3.8) is 0 Å². The molecule has 0 saturated carbocycles. The second kappa shape index (κ2) is 10.6. The molecule has 3 heterocycles. The van der Waals surface area contributed by atoms with Gasteiger partial charge in [-0.1, -0.05) is 12.1 Å². The van der Waals surface area contributed by atoms with E-state index in [0.717, 1.165) is 11.1 Å². The molecule has 11 heteroatoms. The molecule has 0 unspecified atom stereocenters. The summed E-state index contributed by atoms with van der Waals surface area (Å²) in [5.41, 5.74) is 1.77. The summed E-state index contributed by atoms with van der Waals surface area (Å²) < 4.78 is 34.3. The molecule has 37 heavy (non-hydrogen) atoms. The molecule has 0 amide bonds. The van der Waals surface area contributed by atoms with Crippen molar-refractivity contribution in [3.05, 3.63) is 47.5 Å². The third-order valence-electron chi connectivity index (χ3n) is 7.40. The minimum Gasteiger partial charge on any atom is -0.504 e. The van der Waals surface area contributed by atoms with E-state index in [-0.39, 0.29) is 35.5 Å². The van der Waals surface area contributed by atoms with Gasteiger partial charge in [0.2, 0.25) is 6.29 Å². The van der Waals surface area contributed by atoms with Crippen LogP contribution in [-0.2, 0) is 14.2 Å². The summed E-state index contributed by atoms with van der Waals surface area (Å²) >= 11 is 0. The van der Waals surface area contributed by atoms with E-state index >= 15 is 0 Å². The molecule has 5 rings (SSSR count). The number of hydrogen-bond donors (Lipinski definition) is 5. The molecular formula is C26H32O11. The number of phenolic OH excluding ortho intramolecular Hbond substituents is 1. The van der Waals surface area contributed by atoms with E-state index in [1.807, 2.05) is 12.1 Å². The standard InChI is InChI=1S/C26H32O11/c1-32-18-7-12(3-5-16(18)28)24-14-10-35-25(15(14)11-34-24)13-4-6-17(19(8-13)33-2)36-26-23(31)22(30)21(29)20(9-27)37-26/h3-8,14-15,20-31H,9-11H2,1-2H3/t14-,15-,20+,21+,22-,23+,24+,25-,26+/m0/s1. The van der Waals surface area contributed by atoms with Gasteiger partial charge in [-0.05, 0) is 35.4 Å². The van der Waals surface area contributed by atoms with Crippen LogP contribution in [0.25, 0.3) is 0 Å². The highest BCUT2D eigenvalue weighted by molar-refractivity contribution is 5.45. The summed E-state index contributed by atoms with van der Waals surface area (Å²) in [5.74, 6) is 1.27. The van der Waals surface area contributed by atoms with E-state index in [1.54, 1.807) is 24.3 Å². The largest absolute Gasteiger partial charge is 0.504 e. The number of hydrogen-bond acceptors (Lipinski definition) is 11. The number of phenols is 1. The summed E-state index contributed by atoms with van der Waals surface area (Å²) in [6.45, 7) is 0.436. The third-order valence-corrected chi connectivity index (χ3v) is 7.40. The van der Waals surface area contributed by atoms with Crippen molar-refractivity contribution in [1.29, 1.82) is 0 Å². The van der Waals surface area contributed by atoms with Crippen LogP contribution in [0.15, 0.2) is 36.4 Å². The summed E-state index contributed by atoms with van der Waals surface area (Å²) in [7, 11) is 2.98. The van der Waals surface area contributed by atoms with Crippen LogP contribution in [0.1, 0.15) is 23.3 Å². The van der Waals surface area contributed by atoms with Crippen molar-refractivity contribution >= 4 is 0 Å². The van der Waals surface area contributed by atoms with Crippen molar-refractivity contribution in [2.24, 2.45) is 11.8 Å². The lowest BCUT2D eigenvalue weighted by molar-refractivity contribution is -0.277. The molecule has 9 atom stereocenters. The van der Waals surface area contributed by atoms with Crippen molar-refractivity contribution in [3.8, 4) is 23.0 Å². The first-order valence-electron chi connectivity index (χ1n) is 12.1. The van der Waals surface area contributed by atoms with Gasteiger partial charge in [0.25, 0.3) is 0 Å². The van der Waals surface area contributed by atoms with Crippen molar-refractivity contribution in [1.82, 2.24) is 0 Å². The van der Waals surface area contributed by atoms with Crippen molar-refractivity contribution in [2.45, 2.75) is 42.9 Å². The molecule has 2 aromatic carbocycles. The Kier molecular flexibility index (Phi) is 7.46. The van der Waals surface area contributed by atoms with Gasteiger partial charge in [-0.3, -0.25) is 0 Å². The first-order chi connectivity index (χ1) is 17.9. The lowest BCUT2D eigenvalue weighted by Gasteiger charge is -2.39. The van der Waals surface area contributed by atoms with Crippen LogP contribution in [0.2, 0.25) is 0 Å². The predicted molar refractivity (Wildman–Crippen MR) is 126 cm³/mol. The van der Waals surface area contributed by atoms with Crippen LogP contribution in [0, 0.1) is 11.8 Å². The van der Waals surface area contributed by atoms with E-state index in [2.05, 4.69) is 0 Å². The van der Waals surface area contributed by atoms with Gasteiger partial charge in [0, 0.05) is 11.8 Å². The van der Waals surface area contributed by atoms with Crippen molar-refractivity contribution in [2.75, 3.05) is 34.0 Å². The first kappa shape index (κ1) is 26.0. The molecule has 2 aromatic rings. The molecule has 202 valence electrons. The third kappa shape index (κ3) is 4.72. The Labute approximate surface area is 213 Å². The van der Waals surface area contributed by atoms with E-state index in [9.17, 15) is 25.5 Å². The number of benzene rings is 2. The highest BCUT2D eigenvalue weighted by Gasteiger charge is 2.49. The van der Waals surface area contributed by atoms with Crippen LogP contribution < -0.4 is 14.2 Å². The van der Waals surface area contributed by atoms with Gasteiger partial charge in [-0.2, -0.15) is 0 Å². The lowest BCUT2D eigenvalue weighted by Crippen LogP contribution is -2.60. The number of rotatable bonds is 7. The Balaban J connectivity index is 1.32. The van der Waals surface area contributed by atoms with Crippen LogP contribution in [-0.4, -0.2) is 90.3 Å². The van der Waals surface area contributed by atoms with Gasteiger partial charge in [0.15, 0.2) is 23.0 Å². The zero-order chi connectivity index (χ0) is 26.3. The average molecular weight is 521 g/mol. The topological polar surface area (TPSA) is 157 Å². The normalized spacial score (nSPS) is 35.2. The molecule has 11 nitrogen and oxygen atoms in total. The Morgan fingerprint density at radius 1 is 0.784 bits per heavy atom. The molecule has 0 bridgehead atoms. The van der Waals surface area contributed by atoms with Gasteiger partial charge < -0.3 is 54.0 Å². The summed E-state index contributed by atoms with van der Waals surface area (Å²) in [6, 6.07) is 10.5. The number of ether oxygens (including phenoxy) is 6. The molecule has 3 saturated heterocycles. The van der Waals surface area contributed by atoms with Crippen LogP contribution in [0.3, 0.4) is 0 Å². The average Bonchev–Trinajstić information content (AvgIpc) is 3.52. The summed E-state index contributed by atoms with van der Waals surface area (Å²) in [4.78, 5) is 0.